The molecule has 3 heteroatoms. The molecule has 3 nitrogen and oxygen atoms in total. The quantitative estimate of drug-likeness (QED) is 0.737. The van der Waals surface area contributed by atoms with Gasteiger partial charge in [0.1, 0.15) is 5.58 Å². The van der Waals surface area contributed by atoms with Gasteiger partial charge in [0, 0.05) is 30.6 Å². The van der Waals surface area contributed by atoms with Gasteiger partial charge in [-0.05, 0) is 18.4 Å². The van der Waals surface area contributed by atoms with Gasteiger partial charge >= 0.3 is 0 Å². The number of benzene rings is 1. The van der Waals surface area contributed by atoms with Crippen LogP contribution in [0, 0.1) is 5.92 Å². The largest absolute Gasteiger partial charge is 0.464 e. The molecule has 0 unspecified atom stereocenters. The predicted octanol–water partition coefficient (Wildman–Crippen LogP) is 3.59. The molecule has 0 bridgehead atoms. The molecule has 1 aromatic heterocycles. The van der Waals surface area contributed by atoms with E-state index < -0.39 is 0 Å². The van der Waals surface area contributed by atoms with Gasteiger partial charge < -0.3 is 14.5 Å². The summed E-state index contributed by atoms with van der Waals surface area (Å²) in [6.07, 6.45) is 2.96. The molecule has 1 heterocycles. The van der Waals surface area contributed by atoms with E-state index in [2.05, 4.69) is 25.2 Å². The molecule has 0 radical (unpaired) electrons. The van der Waals surface area contributed by atoms with Crippen molar-refractivity contribution >= 4 is 11.0 Å². The Morgan fingerprint density at radius 2 is 2.05 bits per heavy atom. The van der Waals surface area contributed by atoms with Gasteiger partial charge in [-0.25, -0.2) is 0 Å². The minimum atomic E-state index is 0.713. The van der Waals surface area contributed by atoms with Crippen molar-refractivity contribution in [3.63, 3.8) is 0 Å². The number of nitrogens with one attached hydrogen (secondary N) is 1. The maximum absolute atomic E-state index is 5.57. The van der Waals surface area contributed by atoms with Gasteiger partial charge in [0.05, 0.1) is 12.9 Å². The van der Waals surface area contributed by atoms with Crippen molar-refractivity contribution in [3.05, 3.63) is 36.1 Å². The number of rotatable bonds is 8. The summed E-state index contributed by atoms with van der Waals surface area (Å²) >= 11 is 0. The van der Waals surface area contributed by atoms with Gasteiger partial charge in [0.25, 0.3) is 0 Å². The van der Waals surface area contributed by atoms with Crippen LogP contribution >= 0.6 is 0 Å². The van der Waals surface area contributed by atoms with E-state index in [0.717, 1.165) is 38.3 Å². The van der Waals surface area contributed by atoms with Gasteiger partial charge in [-0.2, -0.15) is 0 Å². The monoisotopic (exact) mass is 261 g/mol. The van der Waals surface area contributed by atoms with Crippen LogP contribution < -0.4 is 5.32 Å². The predicted molar refractivity (Wildman–Crippen MR) is 78.2 cm³/mol. The van der Waals surface area contributed by atoms with E-state index in [1.807, 2.05) is 24.5 Å². The highest BCUT2D eigenvalue weighted by Gasteiger charge is 2.03. The molecule has 2 rings (SSSR count). The number of fused-ring (bicyclic) bond motifs is 1. The van der Waals surface area contributed by atoms with Crippen LogP contribution in [0.5, 0.6) is 0 Å². The van der Waals surface area contributed by atoms with Crippen molar-refractivity contribution in [1.82, 2.24) is 5.32 Å². The third kappa shape index (κ3) is 4.37. The second-order valence-corrected chi connectivity index (χ2v) is 5.23. The van der Waals surface area contributed by atoms with Crippen LogP contribution in [0.2, 0.25) is 0 Å². The summed E-state index contributed by atoms with van der Waals surface area (Å²) < 4.78 is 11.1. The fourth-order valence-corrected chi connectivity index (χ4v) is 1.96. The molecular formula is C16H23NO2. The van der Waals surface area contributed by atoms with Crippen LogP contribution in [-0.2, 0) is 11.3 Å². The van der Waals surface area contributed by atoms with E-state index >= 15 is 0 Å². The summed E-state index contributed by atoms with van der Waals surface area (Å²) in [4.78, 5) is 0. The van der Waals surface area contributed by atoms with Gasteiger partial charge in [0.2, 0.25) is 0 Å². The van der Waals surface area contributed by atoms with Crippen molar-refractivity contribution in [2.24, 2.45) is 5.92 Å². The van der Waals surface area contributed by atoms with Crippen molar-refractivity contribution in [2.75, 3.05) is 19.8 Å². The SMILES string of the molecule is CC(C)CCOCCNCc1coc2ccccc12. The number of furan rings is 1. The molecule has 1 aromatic carbocycles. The van der Waals surface area contributed by atoms with Crippen LogP contribution in [-0.4, -0.2) is 19.8 Å². The highest BCUT2D eigenvalue weighted by Crippen LogP contribution is 2.20. The topological polar surface area (TPSA) is 34.4 Å². The molecule has 2 aromatic rings. The second kappa shape index (κ2) is 7.31. The molecule has 1 N–H and O–H groups in total. The molecule has 19 heavy (non-hydrogen) atoms. The van der Waals surface area contributed by atoms with Crippen LogP contribution in [0.4, 0.5) is 0 Å². The minimum absolute atomic E-state index is 0.713. The first-order valence-corrected chi connectivity index (χ1v) is 7.01. The summed E-state index contributed by atoms with van der Waals surface area (Å²) in [5, 5.41) is 4.57. The molecule has 0 amide bonds. The first-order valence-electron chi connectivity index (χ1n) is 7.01. The maximum Gasteiger partial charge on any atom is 0.134 e. The fourth-order valence-electron chi connectivity index (χ4n) is 1.96. The first-order chi connectivity index (χ1) is 9.27. The third-order valence-electron chi connectivity index (χ3n) is 3.14. The summed E-state index contributed by atoms with van der Waals surface area (Å²) in [7, 11) is 0. The first kappa shape index (κ1) is 14.1. The summed E-state index contributed by atoms with van der Waals surface area (Å²) in [5.74, 6) is 0.713. The van der Waals surface area contributed by atoms with E-state index in [9.17, 15) is 0 Å². The number of hydrogen-bond donors (Lipinski definition) is 1. The molecule has 0 fully saturated rings. The van der Waals surface area contributed by atoms with E-state index in [4.69, 9.17) is 9.15 Å². The van der Waals surface area contributed by atoms with E-state index in [-0.39, 0.29) is 0 Å². The van der Waals surface area contributed by atoms with E-state index in [1.54, 1.807) is 0 Å². The molecule has 0 aliphatic carbocycles. The number of hydrogen-bond acceptors (Lipinski definition) is 3. The molecule has 0 aliphatic rings. The summed E-state index contributed by atoms with van der Waals surface area (Å²) in [6.45, 7) is 7.75. The van der Waals surface area contributed by atoms with Crippen molar-refractivity contribution < 1.29 is 9.15 Å². The Balaban J connectivity index is 1.66. The lowest BCUT2D eigenvalue weighted by Gasteiger charge is -2.07. The van der Waals surface area contributed by atoms with Crippen molar-refractivity contribution in [2.45, 2.75) is 26.8 Å². The average Bonchev–Trinajstić information content (AvgIpc) is 2.81. The standard InChI is InChI=1S/C16H23NO2/c1-13(2)7-9-18-10-8-17-11-14-12-19-16-6-4-3-5-15(14)16/h3-6,12-13,17H,7-11H2,1-2H3. The maximum atomic E-state index is 5.57. The zero-order valence-corrected chi connectivity index (χ0v) is 11.8. The molecular weight excluding hydrogens is 238 g/mol. The lowest BCUT2D eigenvalue weighted by atomic mass is 10.1. The Hall–Kier alpha value is -1.32. The van der Waals surface area contributed by atoms with Gasteiger partial charge in [0.15, 0.2) is 0 Å². The smallest absolute Gasteiger partial charge is 0.134 e. The molecule has 0 aliphatic heterocycles. The Labute approximate surface area is 114 Å². The fraction of sp³-hybridized carbons (Fsp3) is 0.500. The van der Waals surface area contributed by atoms with Gasteiger partial charge in [-0.3, -0.25) is 0 Å². The average molecular weight is 261 g/mol. The molecule has 104 valence electrons. The summed E-state index contributed by atoms with van der Waals surface area (Å²) in [6, 6.07) is 8.12. The molecule has 0 atom stereocenters. The number of para-hydroxylation sites is 1. The van der Waals surface area contributed by atoms with Crippen LogP contribution in [0.15, 0.2) is 34.9 Å². The Morgan fingerprint density at radius 1 is 1.21 bits per heavy atom. The van der Waals surface area contributed by atoms with Crippen LogP contribution in [0.1, 0.15) is 25.8 Å². The molecule has 0 saturated heterocycles. The van der Waals surface area contributed by atoms with E-state index in [0.29, 0.717) is 5.92 Å². The second-order valence-electron chi connectivity index (χ2n) is 5.23. The Bertz CT molecular complexity index is 490. The Morgan fingerprint density at radius 3 is 2.89 bits per heavy atom. The molecule has 0 spiro atoms. The van der Waals surface area contributed by atoms with Crippen LogP contribution in [0.25, 0.3) is 11.0 Å². The summed E-state index contributed by atoms with van der Waals surface area (Å²) in [5.41, 5.74) is 2.16. The third-order valence-corrected chi connectivity index (χ3v) is 3.14. The minimum Gasteiger partial charge on any atom is -0.464 e. The highest BCUT2D eigenvalue weighted by atomic mass is 16.5. The lowest BCUT2D eigenvalue weighted by molar-refractivity contribution is 0.125. The van der Waals surface area contributed by atoms with Gasteiger partial charge in [-0.1, -0.05) is 32.0 Å². The zero-order valence-electron chi connectivity index (χ0n) is 11.8. The van der Waals surface area contributed by atoms with E-state index in [1.165, 1.54) is 10.9 Å². The van der Waals surface area contributed by atoms with Crippen molar-refractivity contribution in [3.8, 4) is 0 Å². The van der Waals surface area contributed by atoms with Crippen molar-refractivity contribution in [1.29, 1.82) is 0 Å². The zero-order chi connectivity index (χ0) is 13.5. The highest BCUT2D eigenvalue weighted by molar-refractivity contribution is 5.80. The molecule has 0 saturated carbocycles. The number of ether oxygens (including phenoxy) is 1. The van der Waals surface area contributed by atoms with Crippen LogP contribution in [0.3, 0.4) is 0 Å². The normalized spacial score (nSPS) is 11.5. The Kier molecular flexibility index (Phi) is 5.43. The lowest BCUT2D eigenvalue weighted by Crippen LogP contribution is -2.19. The van der Waals surface area contributed by atoms with Gasteiger partial charge in [-0.15, -0.1) is 0 Å².